The molecule has 0 unspecified atom stereocenters. The number of nitriles is 1. The second-order valence-corrected chi connectivity index (χ2v) is 4.51. The zero-order valence-electron chi connectivity index (χ0n) is 11.4. The SMILES string of the molecule is N#Cc1ccc(NCc2nc(-c3ccc(F)cc3)n[nH]2)nc1. The minimum atomic E-state index is -0.298. The summed E-state index contributed by atoms with van der Waals surface area (Å²) in [7, 11) is 0. The van der Waals surface area contributed by atoms with E-state index >= 15 is 0 Å². The van der Waals surface area contributed by atoms with E-state index in [4.69, 9.17) is 5.26 Å². The molecule has 22 heavy (non-hydrogen) atoms. The van der Waals surface area contributed by atoms with Gasteiger partial charge in [0.05, 0.1) is 12.1 Å². The third kappa shape index (κ3) is 3.07. The maximum absolute atomic E-state index is 12.9. The van der Waals surface area contributed by atoms with Crippen LogP contribution in [-0.4, -0.2) is 20.2 Å². The van der Waals surface area contributed by atoms with E-state index in [0.29, 0.717) is 29.6 Å². The Morgan fingerprint density at radius 1 is 1.18 bits per heavy atom. The van der Waals surface area contributed by atoms with E-state index in [2.05, 4.69) is 25.5 Å². The normalized spacial score (nSPS) is 10.2. The second-order valence-electron chi connectivity index (χ2n) is 4.51. The van der Waals surface area contributed by atoms with Crippen LogP contribution in [0.3, 0.4) is 0 Å². The Balaban J connectivity index is 1.66. The van der Waals surface area contributed by atoms with Gasteiger partial charge >= 0.3 is 0 Å². The predicted octanol–water partition coefficient (Wildman–Crippen LogP) is 2.49. The fourth-order valence-electron chi connectivity index (χ4n) is 1.84. The molecule has 0 radical (unpaired) electrons. The highest BCUT2D eigenvalue weighted by molar-refractivity contribution is 5.54. The molecule has 1 aromatic carbocycles. The molecule has 0 bridgehead atoms. The maximum atomic E-state index is 12.9. The smallest absolute Gasteiger partial charge is 0.181 e. The molecule has 0 saturated carbocycles. The van der Waals surface area contributed by atoms with Crippen LogP contribution >= 0.6 is 0 Å². The van der Waals surface area contributed by atoms with Gasteiger partial charge in [0.25, 0.3) is 0 Å². The monoisotopic (exact) mass is 294 g/mol. The van der Waals surface area contributed by atoms with Crippen molar-refractivity contribution in [3.05, 3.63) is 59.8 Å². The van der Waals surface area contributed by atoms with Crippen molar-refractivity contribution < 1.29 is 4.39 Å². The number of nitrogens with zero attached hydrogens (tertiary/aromatic N) is 4. The summed E-state index contributed by atoms with van der Waals surface area (Å²) in [5.74, 6) is 1.47. The molecule has 0 aliphatic carbocycles. The average Bonchev–Trinajstić information content (AvgIpc) is 3.03. The summed E-state index contributed by atoms with van der Waals surface area (Å²) in [6.45, 7) is 0.410. The lowest BCUT2D eigenvalue weighted by atomic mass is 10.2. The van der Waals surface area contributed by atoms with Crippen molar-refractivity contribution in [2.75, 3.05) is 5.32 Å². The quantitative estimate of drug-likeness (QED) is 0.771. The number of aromatic nitrogens is 4. The molecular weight excluding hydrogens is 283 g/mol. The number of nitrogens with one attached hydrogen (secondary N) is 2. The molecule has 0 spiro atoms. The van der Waals surface area contributed by atoms with Crippen LogP contribution in [-0.2, 0) is 6.54 Å². The first-order valence-corrected chi connectivity index (χ1v) is 6.52. The molecule has 7 heteroatoms. The number of benzene rings is 1. The second kappa shape index (κ2) is 6.01. The van der Waals surface area contributed by atoms with Crippen LogP contribution in [0.4, 0.5) is 10.2 Å². The first kappa shape index (κ1) is 13.7. The fraction of sp³-hybridized carbons (Fsp3) is 0.0667. The first-order chi connectivity index (χ1) is 10.7. The highest BCUT2D eigenvalue weighted by Gasteiger charge is 2.06. The lowest BCUT2D eigenvalue weighted by molar-refractivity contribution is 0.628. The molecule has 2 heterocycles. The Labute approximate surface area is 125 Å². The van der Waals surface area contributed by atoms with Gasteiger partial charge in [-0.2, -0.15) is 10.4 Å². The number of hydrogen-bond acceptors (Lipinski definition) is 5. The summed E-state index contributed by atoms with van der Waals surface area (Å²) in [5.41, 5.74) is 1.24. The van der Waals surface area contributed by atoms with Crippen LogP contribution in [0, 0.1) is 17.1 Å². The minimum Gasteiger partial charge on any atom is -0.363 e. The predicted molar refractivity (Wildman–Crippen MR) is 78.1 cm³/mol. The molecule has 0 saturated heterocycles. The number of anilines is 1. The van der Waals surface area contributed by atoms with Crippen molar-refractivity contribution in [2.24, 2.45) is 0 Å². The van der Waals surface area contributed by atoms with Crippen LogP contribution in [0.25, 0.3) is 11.4 Å². The number of H-pyrrole nitrogens is 1. The lowest BCUT2D eigenvalue weighted by Crippen LogP contribution is -2.02. The Kier molecular flexibility index (Phi) is 3.74. The van der Waals surface area contributed by atoms with Crippen LogP contribution in [0.2, 0.25) is 0 Å². The summed E-state index contributed by atoms with van der Waals surface area (Å²) in [6.07, 6.45) is 1.49. The molecule has 3 aromatic rings. The Hall–Kier alpha value is -3.27. The number of hydrogen-bond donors (Lipinski definition) is 2. The van der Waals surface area contributed by atoms with Crippen LogP contribution in [0.1, 0.15) is 11.4 Å². The summed E-state index contributed by atoms with van der Waals surface area (Å²) in [4.78, 5) is 8.43. The van der Waals surface area contributed by atoms with E-state index in [1.807, 2.05) is 6.07 Å². The van der Waals surface area contributed by atoms with Gasteiger partial charge < -0.3 is 5.32 Å². The van der Waals surface area contributed by atoms with E-state index in [1.54, 1.807) is 24.3 Å². The van der Waals surface area contributed by atoms with Crippen LogP contribution in [0.15, 0.2) is 42.6 Å². The average molecular weight is 294 g/mol. The molecule has 2 N–H and O–H groups in total. The van der Waals surface area contributed by atoms with Gasteiger partial charge in [0.2, 0.25) is 0 Å². The molecule has 6 nitrogen and oxygen atoms in total. The molecule has 2 aromatic heterocycles. The third-order valence-corrected chi connectivity index (χ3v) is 2.96. The molecule has 0 aliphatic heterocycles. The molecule has 3 rings (SSSR count). The van der Waals surface area contributed by atoms with Crippen molar-refractivity contribution in [2.45, 2.75) is 6.54 Å². The van der Waals surface area contributed by atoms with Gasteiger partial charge in [0.1, 0.15) is 23.5 Å². The molecule has 108 valence electrons. The van der Waals surface area contributed by atoms with E-state index < -0.39 is 0 Å². The van der Waals surface area contributed by atoms with Gasteiger partial charge in [-0.05, 0) is 36.4 Å². The summed E-state index contributed by atoms with van der Waals surface area (Å²) >= 11 is 0. The van der Waals surface area contributed by atoms with Crippen molar-refractivity contribution in [3.8, 4) is 17.5 Å². The largest absolute Gasteiger partial charge is 0.363 e. The third-order valence-electron chi connectivity index (χ3n) is 2.96. The van der Waals surface area contributed by atoms with Gasteiger partial charge in [-0.25, -0.2) is 14.4 Å². The van der Waals surface area contributed by atoms with E-state index in [-0.39, 0.29) is 5.82 Å². The Morgan fingerprint density at radius 3 is 2.68 bits per heavy atom. The molecular formula is C15H11FN6. The van der Waals surface area contributed by atoms with Gasteiger partial charge in [-0.3, -0.25) is 5.10 Å². The highest BCUT2D eigenvalue weighted by Crippen LogP contribution is 2.15. The number of aromatic amines is 1. The number of pyridine rings is 1. The first-order valence-electron chi connectivity index (χ1n) is 6.52. The van der Waals surface area contributed by atoms with Crippen LogP contribution in [0.5, 0.6) is 0 Å². The van der Waals surface area contributed by atoms with E-state index in [9.17, 15) is 4.39 Å². The van der Waals surface area contributed by atoms with Crippen molar-refractivity contribution >= 4 is 5.82 Å². The van der Waals surface area contributed by atoms with Gasteiger partial charge in [0.15, 0.2) is 5.82 Å². The number of halogens is 1. The summed E-state index contributed by atoms with van der Waals surface area (Å²) in [6, 6.07) is 11.4. The summed E-state index contributed by atoms with van der Waals surface area (Å²) < 4.78 is 12.9. The van der Waals surface area contributed by atoms with Crippen molar-refractivity contribution in [1.82, 2.24) is 20.2 Å². The maximum Gasteiger partial charge on any atom is 0.181 e. The minimum absolute atomic E-state index is 0.298. The Morgan fingerprint density at radius 2 is 2.00 bits per heavy atom. The highest BCUT2D eigenvalue weighted by atomic mass is 19.1. The standard InChI is InChI=1S/C15H11FN6/c16-12-4-2-11(3-5-12)15-20-14(21-22-15)9-19-13-6-1-10(7-17)8-18-13/h1-6,8H,9H2,(H,18,19)(H,20,21,22). The molecule has 0 amide bonds. The van der Waals surface area contributed by atoms with Crippen molar-refractivity contribution in [3.63, 3.8) is 0 Å². The van der Waals surface area contributed by atoms with Gasteiger partial charge in [-0.15, -0.1) is 0 Å². The van der Waals surface area contributed by atoms with E-state index in [0.717, 1.165) is 5.56 Å². The molecule has 0 fully saturated rings. The summed E-state index contributed by atoms with van der Waals surface area (Å²) in [5, 5.41) is 18.7. The molecule has 0 atom stereocenters. The zero-order chi connectivity index (χ0) is 15.4. The van der Waals surface area contributed by atoms with Gasteiger partial charge in [-0.1, -0.05) is 0 Å². The zero-order valence-corrected chi connectivity index (χ0v) is 11.4. The number of rotatable bonds is 4. The Bertz CT molecular complexity index is 801. The lowest BCUT2D eigenvalue weighted by Gasteiger charge is -2.02. The fourth-order valence-corrected chi connectivity index (χ4v) is 1.84. The van der Waals surface area contributed by atoms with Gasteiger partial charge in [0, 0.05) is 11.8 Å². The van der Waals surface area contributed by atoms with Crippen molar-refractivity contribution in [1.29, 1.82) is 5.26 Å². The van der Waals surface area contributed by atoms with Crippen LogP contribution < -0.4 is 5.32 Å². The molecule has 0 aliphatic rings. The topological polar surface area (TPSA) is 90.3 Å². The van der Waals surface area contributed by atoms with E-state index in [1.165, 1.54) is 18.3 Å².